The van der Waals surface area contributed by atoms with Crippen molar-refractivity contribution in [3.8, 4) is 0 Å². The lowest BCUT2D eigenvalue weighted by atomic mass is 10.5. The van der Waals surface area contributed by atoms with Gasteiger partial charge in [0.15, 0.2) is 0 Å². The summed E-state index contributed by atoms with van der Waals surface area (Å²) in [6.45, 7) is 5.31. The largest absolute Gasteiger partial charge is 0.374 e. The number of rotatable bonds is 9. The van der Waals surface area contributed by atoms with E-state index in [1.807, 2.05) is 18.7 Å². The first kappa shape index (κ1) is 16.8. The molecule has 0 atom stereocenters. The number of anilines is 2. The molecule has 0 fully saturated rings. The van der Waals surface area contributed by atoms with Gasteiger partial charge in [0.25, 0.3) is 6.43 Å². The highest BCUT2D eigenvalue weighted by Crippen LogP contribution is 2.13. The molecule has 1 heterocycles. The Morgan fingerprint density at radius 2 is 1.95 bits per heavy atom. The highest BCUT2D eigenvalue weighted by atomic mass is 35.5. The third-order valence-corrected chi connectivity index (χ3v) is 2.58. The highest BCUT2D eigenvalue weighted by molar-refractivity contribution is 6.28. The van der Waals surface area contributed by atoms with Gasteiger partial charge in [0, 0.05) is 19.6 Å². The number of hydrogen-bond acceptors (Lipinski definition) is 6. The summed E-state index contributed by atoms with van der Waals surface area (Å²) in [5.41, 5.74) is 0. The van der Waals surface area contributed by atoms with E-state index in [0.717, 1.165) is 13.1 Å². The minimum Gasteiger partial charge on any atom is -0.374 e. The molecule has 0 bridgehead atoms. The van der Waals surface area contributed by atoms with Crippen molar-refractivity contribution in [1.29, 1.82) is 0 Å². The average Bonchev–Trinajstić information content (AvgIpc) is 2.39. The Kier molecular flexibility index (Phi) is 7.38. The maximum atomic E-state index is 11.9. The van der Waals surface area contributed by atoms with Crippen LogP contribution in [0.3, 0.4) is 0 Å². The third-order valence-electron chi connectivity index (χ3n) is 2.42. The second kappa shape index (κ2) is 8.80. The number of alkyl halides is 2. The number of nitrogens with one attached hydrogen (secondary N) is 1. The van der Waals surface area contributed by atoms with Gasteiger partial charge in [-0.25, -0.2) is 8.78 Å². The van der Waals surface area contributed by atoms with Crippen LogP contribution in [0.5, 0.6) is 0 Å². The Balaban J connectivity index is 2.53. The zero-order valence-electron chi connectivity index (χ0n) is 11.4. The highest BCUT2D eigenvalue weighted by Gasteiger charge is 2.09. The molecule has 0 saturated heterocycles. The number of halogens is 3. The first-order chi connectivity index (χ1) is 9.56. The van der Waals surface area contributed by atoms with E-state index in [4.69, 9.17) is 16.3 Å². The molecule has 1 N–H and O–H groups in total. The van der Waals surface area contributed by atoms with Crippen molar-refractivity contribution in [1.82, 2.24) is 15.0 Å². The van der Waals surface area contributed by atoms with Gasteiger partial charge >= 0.3 is 0 Å². The van der Waals surface area contributed by atoms with E-state index in [2.05, 4.69) is 20.3 Å². The predicted molar refractivity (Wildman–Crippen MR) is 73.7 cm³/mol. The molecule has 1 aromatic heterocycles. The summed E-state index contributed by atoms with van der Waals surface area (Å²) in [5, 5.41) is 2.94. The van der Waals surface area contributed by atoms with Gasteiger partial charge in [-0.3, -0.25) is 0 Å². The van der Waals surface area contributed by atoms with E-state index in [1.54, 1.807) is 0 Å². The third kappa shape index (κ3) is 5.79. The van der Waals surface area contributed by atoms with Crippen molar-refractivity contribution >= 4 is 23.5 Å². The zero-order chi connectivity index (χ0) is 15.0. The number of hydrogen-bond donors (Lipinski definition) is 1. The molecule has 0 aromatic carbocycles. The average molecular weight is 310 g/mol. The van der Waals surface area contributed by atoms with Crippen molar-refractivity contribution in [2.45, 2.75) is 20.3 Å². The molecular weight excluding hydrogens is 292 g/mol. The van der Waals surface area contributed by atoms with E-state index in [0.29, 0.717) is 18.4 Å². The zero-order valence-corrected chi connectivity index (χ0v) is 12.2. The summed E-state index contributed by atoms with van der Waals surface area (Å²) in [6.07, 6.45) is -2.46. The molecule has 0 unspecified atom stereocenters. The molecule has 0 spiro atoms. The maximum Gasteiger partial charge on any atom is 0.261 e. The normalized spacial score (nSPS) is 10.9. The molecular formula is C11H18ClF2N5O. The molecule has 6 nitrogen and oxygen atoms in total. The summed E-state index contributed by atoms with van der Waals surface area (Å²) in [7, 11) is 0. The number of aromatic nitrogens is 3. The molecule has 9 heteroatoms. The summed E-state index contributed by atoms with van der Waals surface area (Å²) in [6, 6.07) is 0. The van der Waals surface area contributed by atoms with E-state index in [1.165, 1.54) is 0 Å². The summed E-state index contributed by atoms with van der Waals surface area (Å²) in [4.78, 5) is 14.1. The van der Waals surface area contributed by atoms with Gasteiger partial charge in [-0.1, -0.05) is 0 Å². The lowest BCUT2D eigenvalue weighted by molar-refractivity contribution is 0.0214. The van der Waals surface area contributed by atoms with Gasteiger partial charge in [-0.05, 0) is 25.4 Å². The van der Waals surface area contributed by atoms with Crippen molar-refractivity contribution in [2.24, 2.45) is 0 Å². The molecule has 1 rings (SSSR count). The van der Waals surface area contributed by atoms with Crippen LogP contribution in [0.15, 0.2) is 0 Å². The van der Waals surface area contributed by atoms with Crippen LogP contribution < -0.4 is 10.2 Å². The summed E-state index contributed by atoms with van der Waals surface area (Å²) < 4.78 is 28.5. The Labute approximate surface area is 121 Å². The van der Waals surface area contributed by atoms with Gasteiger partial charge in [-0.15, -0.1) is 0 Å². The van der Waals surface area contributed by atoms with Crippen molar-refractivity contribution in [2.75, 3.05) is 43.1 Å². The van der Waals surface area contributed by atoms with Crippen LogP contribution in [-0.2, 0) is 4.74 Å². The minimum atomic E-state index is -2.46. The fourth-order valence-corrected chi connectivity index (χ4v) is 1.63. The van der Waals surface area contributed by atoms with Crippen LogP contribution in [0, 0.1) is 0 Å². The molecule has 0 aliphatic carbocycles. The Bertz CT molecular complexity index is 406. The van der Waals surface area contributed by atoms with Gasteiger partial charge < -0.3 is 15.0 Å². The molecule has 0 amide bonds. The molecule has 0 saturated carbocycles. The Morgan fingerprint density at radius 1 is 1.25 bits per heavy atom. The van der Waals surface area contributed by atoms with Crippen molar-refractivity contribution in [3.05, 3.63) is 5.28 Å². The Hall–Kier alpha value is -1.28. The van der Waals surface area contributed by atoms with E-state index in [9.17, 15) is 8.78 Å². The van der Waals surface area contributed by atoms with E-state index in [-0.39, 0.29) is 11.9 Å². The minimum absolute atomic E-state index is 0.0814. The summed E-state index contributed by atoms with van der Waals surface area (Å²) in [5.74, 6) is 0.776. The van der Waals surface area contributed by atoms with Crippen molar-refractivity contribution < 1.29 is 13.5 Å². The van der Waals surface area contributed by atoms with Gasteiger partial charge in [0.2, 0.25) is 17.2 Å². The van der Waals surface area contributed by atoms with Crippen LogP contribution in [0.2, 0.25) is 5.28 Å². The number of nitrogens with zero attached hydrogens (tertiary/aromatic N) is 4. The van der Waals surface area contributed by atoms with Crippen LogP contribution in [-0.4, -0.2) is 54.2 Å². The molecule has 1 aromatic rings. The van der Waals surface area contributed by atoms with Crippen LogP contribution >= 0.6 is 11.6 Å². The van der Waals surface area contributed by atoms with Gasteiger partial charge in [0.05, 0.1) is 6.61 Å². The number of ether oxygens (including phenoxy) is 1. The van der Waals surface area contributed by atoms with Crippen LogP contribution in [0.1, 0.15) is 13.8 Å². The SMILES string of the molecule is CCN(CC)c1nc(Cl)nc(NCCOCC(F)F)n1. The molecule has 20 heavy (non-hydrogen) atoms. The maximum absolute atomic E-state index is 11.9. The Morgan fingerprint density at radius 3 is 2.55 bits per heavy atom. The van der Waals surface area contributed by atoms with Crippen LogP contribution in [0.4, 0.5) is 20.7 Å². The topological polar surface area (TPSA) is 63.2 Å². The summed E-state index contributed by atoms with van der Waals surface area (Å²) >= 11 is 5.83. The standard InChI is InChI=1S/C11H18ClF2N5O/c1-3-19(4-2)11-17-9(12)16-10(18-11)15-5-6-20-7-8(13)14/h8H,3-7H2,1-2H3,(H,15,16,17,18). The quantitative estimate of drug-likeness (QED) is 0.705. The second-order valence-corrected chi connectivity index (χ2v) is 4.13. The first-order valence-electron chi connectivity index (χ1n) is 6.33. The second-order valence-electron chi connectivity index (χ2n) is 3.79. The lowest BCUT2D eigenvalue weighted by Crippen LogP contribution is -2.25. The van der Waals surface area contributed by atoms with Crippen LogP contribution in [0.25, 0.3) is 0 Å². The van der Waals surface area contributed by atoms with E-state index >= 15 is 0 Å². The molecule has 0 aliphatic rings. The smallest absolute Gasteiger partial charge is 0.261 e. The first-order valence-corrected chi connectivity index (χ1v) is 6.70. The van der Waals surface area contributed by atoms with Gasteiger partial charge in [0.1, 0.15) is 6.61 Å². The lowest BCUT2D eigenvalue weighted by Gasteiger charge is -2.18. The fourth-order valence-electron chi connectivity index (χ4n) is 1.47. The fraction of sp³-hybridized carbons (Fsp3) is 0.727. The molecule has 0 radical (unpaired) electrons. The molecule has 0 aliphatic heterocycles. The van der Waals surface area contributed by atoms with E-state index < -0.39 is 13.0 Å². The monoisotopic (exact) mass is 309 g/mol. The van der Waals surface area contributed by atoms with Crippen molar-refractivity contribution in [3.63, 3.8) is 0 Å². The predicted octanol–water partition coefficient (Wildman–Crippen LogP) is 2.06. The molecule has 114 valence electrons. The van der Waals surface area contributed by atoms with Gasteiger partial charge in [-0.2, -0.15) is 15.0 Å².